The van der Waals surface area contributed by atoms with Gasteiger partial charge in [-0.05, 0) is 25.2 Å². The molecule has 1 saturated heterocycles. The molecule has 1 aliphatic heterocycles. The van der Waals surface area contributed by atoms with Crippen LogP contribution in [0.3, 0.4) is 0 Å². The predicted molar refractivity (Wildman–Crippen MR) is 57.3 cm³/mol. The largest absolute Gasteiger partial charge is 0.480 e. The van der Waals surface area contributed by atoms with E-state index in [1.54, 1.807) is 0 Å². The van der Waals surface area contributed by atoms with Crippen molar-refractivity contribution in [2.24, 2.45) is 5.92 Å². The molecule has 2 rings (SSSR count). The molecule has 3 nitrogen and oxygen atoms in total. The zero-order chi connectivity index (χ0) is 10.8. The number of likely N-dealkylation sites (tertiary alicyclic amines) is 1. The summed E-state index contributed by atoms with van der Waals surface area (Å²) in [5.41, 5.74) is 0. The number of aliphatic carboxylic acids is 1. The van der Waals surface area contributed by atoms with E-state index >= 15 is 0 Å². The van der Waals surface area contributed by atoms with Crippen LogP contribution < -0.4 is 0 Å². The number of carboxylic acids is 1. The standard InChI is InChI=1S/C12H17NO2/c1-2-7-13-10-6-4-3-5-9(10)8-11(13)12(14)15/h1,9-11H,3-8H2,(H,14,15). The molecule has 15 heavy (non-hydrogen) atoms. The second-order valence-corrected chi connectivity index (χ2v) is 4.58. The molecule has 0 aromatic rings. The average Bonchev–Trinajstić information content (AvgIpc) is 2.58. The highest BCUT2D eigenvalue weighted by Crippen LogP contribution is 2.39. The minimum Gasteiger partial charge on any atom is -0.480 e. The first-order chi connectivity index (χ1) is 7.24. The lowest BCUT2D eigenvalue weighted by atomic mass is 9.85. The Morgan fingerprint density at radius 2 is 2.20 bits per heavy atom. The Labute approximate surface area is 90.5 Å². The van der Waals surface area contributed by atoms with Gasteiger partial charge < -0.3 is 5.11 Å². The van der Waals surface area contributed by atoms with Crippen LogP contribution >= 0.6 is 0 Å². The topological polar surface area (TPSA) is 40.5 Å². The van der Waals surface area contributed by atoms with Crippen molar-refractivity contribution in [3.63, 3.8) is 0 Å². The van der Waals surface area contributed by atoms with Crippen molar-refractivity contribution in [3.05, 3.63) is 0 Å². The van der Waals surface area contributed by atoms with Crippen molar-refractivity contribution in [1.29, 1.82) is 0 Å². The third kappa shape index (κ3) is 1.87. The summed E-state index contributed by atoms with van der Waals surface area (Å²) in [7, 11) is 0. The third-order valence-corrected chi connectivity index (χ3v) is 3.78. The highest BCUT2D eigenvalue weighted by molar-refractivity contribution is 5.74. The minimum absolute atomic E-state index is 0.339. The number of hydrogen-bond donors (Lipinski definition) is 1. The Morgan fingerprint density at radius 1 is 1.47 bits per heavy atom. The summed E-state index contributed by atoms with van der Waals surface area (Å²) in [6, 6.07) is 0.0880. The highest BCUT2D eigenvalue weighted by atomic mass is 16.4. The Balaban J connectivity index is 2.14. The monoisotopic (exact) mass is 207 g/mol. The lowest BCUT2D eigenvalue weighted by Gasteiger charge is -2.31. The van der Waals surface area contributed by atoms with E-state index in [-0.39, 0.29) is 6.04 Å². The lowest BCUT2D eigenvalue weighted by Crippen LogP contribution is -2.42. The van der Waals surface area contributed by atoms with E-state index < -0.39 is 5.97 Å². The van der Waals surface area contributed by atoms with E-state index in [2.05, 4.69) is 5.92 Å². The van der Waals surface area contributed by atoms with E-state index in [1.165, 1.54) is 19.3 Å². The van der Waals surface area contributed by atoms with Crippen LogP contribution in [0.2, 0.25) is 0 Å². The van der Waals surface area contributed by atoms with E-state index in [0.717, 1.165) is 12.8 Å². The number of hydrogen-bond acceptors (Lipinski definition) is 2. The van der Waals surface area contributed by atoms with Crippen molar-refractivity contribution in [3.8, 4) is 12.3 Å². The van der Waals surface area contributed by atoms with Crippen LogP contribution in [-0.2, 0) is 4.79 Å². The normalized spacial score (nSPS) is 35.8. The van der Waals surface area contributed by atoms with E-state index in [0.29, 0.717) is 18.5 Å². The van der Waals surface area contributed by atoms with Gasteiger partial charge in [-0.1, -0.05) is 18.8 Å². The molecule has 0 spiro atoms. The second kappa shape index (κ2) is 4.24. The molecule has 1 aliphatic carbocycles. The van der Waals surface area contributed by atoms with Crippen LogP contribution in [0, 0.1) is 18.3 Å². The van der Waals surface area contributed by atoms with Crippen LogP contribution in [0.15, 0.2) is 0 Å². The van der Waals surface area contributed by atoms with Gasteiger partial charge in [-0.15, -0.1) is 6.42 Å². The zero-order valence-corrected chi connectivity index (χ0v) is 8.85. The molecule has 1 N–H and O–H groups in total. The van der Waals surface area contributed by atoms with Gasteiger partial charge in [0.05, 0.1) is 6.54 Å². The van der Waals surface area contributed by atoms with Crippen LogP contribution in [0.1, 0.15) is 32.1 Å². The first kappa shape index (κ1) is 10.5. The lowest BCUT2D eigenvalue weighted by molar-refractivity contribution is -0.142. The Morgan fingerprint density at radius 3 is 2.87 bits per heavy atom. The molecule has 82 valence electrons. The van der Waals surface area contributed by atoms with Crippen LogP contribution in [0.5, 0.6) is 0 Å². The Bertz CT molecular complexity index is 294. The fourth-order valence-corrected chi connectivity index (χ4v) is 3.13. The van der Waals surface area contributed by atoms with Crippen molar-refractivity contribution in [2.75, 3.05) is 6.54 Å². The number of nitrogens with zero attached hydrogens (tertiary/aromatic N) is 1. The highest BCUT2D eigenvalue weighted by Gasteiger charge is 2.44. The van der Waals surface area contributed by atoms with Gasteiger partial charge >= 0.3 is 5.97 Å². The number of carbonyl (C=O) groups is 1. The van der Waals surface area contributed by atoms with Crippen molar-refractivity contribution >= 4 is 5.97 Å². The Kier molecular flexibility index (Phi) is 2.97. The fraction of sp³-hybridized carbons (Fsp3) is 0.750. The number of terminal acetylenes is 1. The summed E-state index contributed by atoms with van der Waals surface area (Å²) in [5.74, 6) is 2.44. The number of rotatable bonds is 2. The molecule has 0 radical (unpaired) electrons. The first-order valence-electron chi connectivity index (χ1n) is 5.66. The third-order valence-electron chi connectivity index (χ3n) is 3.78. The van der Waals surface area contributed by atoms with Gasteiger partial charge in [0.15, 0.2) is 0 Å². The van der Waals surface area contributed by atoms with E-state index in [4.69, 9.17) is 11.5 Å². The molecule has 1 heterocycles. The van der Waals surface area contributed by atoms with Crippen LogP contribution in [0.4, 0.5) is 0 Å². The molecular formula is C12H17NO2. The van der Waals surface area contributed by atoms with Crippen LogP contribution in [0.25, 0.3) is 0 Å². The summed E-state index contributed by atoms with van der Waals surface area (Å²) in [6.45, 7) is 0.484. The Hall–Kier alpha value is -1.01. The molecule has 0 aromatic heterocycles. The van der Waals surface area contributed by atoms with Crippen molar-refractivity contribution in [1.82, 2.24) is 4.90 Å². The molecule has 0 bridgehead atoms. The quantitative estimate of drug-likeness (QED) is 0.695. The number of carboxylic acid groups (broad SMARTS) is 1. The summed E-state index contributed by atoms with van der Waals surface area (Å²) >= 11 is 0. The van der Waals surface area contributed by atoms with E-state index in [9.17, 15) is 4.79 Å². The molecule has 3 atom stereocenters. The molecule has 0 amide bonds. The van der Waals surface area contributed by atoms with Gasteiger partial charge in [0.1, 0.15) is 6.04 Å². The van der Waals surface area contributed by atoms with Gasteiger partial charge in [0.2, 0.25) is 0 Å². The van der Waals surface area contributed by atoms with E-state index in [1.807, 2.05) is 4.90 Å². The molecule has 3 unspecified atom stereocenters. The molecule has 3 heteroatoms. The van der Waals surface area contributed by atoms with Crippen molar-refractivity contribution in [2.45, 2.75) is 44.2 Å². The smallest absolute Gasteiger partial charge is 0.320 e. The van der Waals surface area contributed by atoms with Gasteiger partial charge in [0, 0.05) is 6.04 Å². The first-order valence-corrected chi connectivity index (χ1v) is 5.66. The second-order valence-electron chi connectivity index (χ2n) is 4.58. The molecule has 2 fully saturated rings. The summed E-state index contributed by atoms with van der Waals surface area (Å²) < 4.78 is 0. The van der Waals surface area contributed by atoms with Gasteiger partial charge in [0.25, 0.3) is 0 Å². The van der Waals surface area contributed by atoms with Crippen LogP contribution in [-0.4, -0.2) is 34.6 Å². The SMILES string of the molecule is C#CCN1C(C(=O)O)CC2CCCCC21. The molecule has 2 aliphatic rings. The molecular weight excluding hydrogens is 190 g/mol. The summed E-state index contributed by atoms with van der Waals surface area (Å²) in [4.78, 5) is 13.1. The molecule has 0 aromatic carbocycles. The summed E-state index contributed by atoms with van der Waals surface area (Å²) in [6.07, 6.45) is 10.9. The maximum Gasteiger partial charge on any atom is 0.320 e. The maximum absolute atomic E-state index is 11.1. The van der Waals surface area contributed by atoms with Gasteiger partial charge in [-0.3, -0.25) is 9.69 Å². The molecule has 1 saturated carbocycles. The van der Waals surface area contributed by atoms with Gasteiger partial charge in [-0.2, -0.15) is 0 Å². The minimum atomic E-state index is -0.709. The fourth-order valence-electron chi connectivity index (χ4n) is 3.13. The maximum atomic E-state index is 11.1. The zero-order valence-electron chi connectivity index (χ0n) is 8.85. The summed E-state index contributed by atoms with van der Waals surface area (Å²) in [5, 5.41) is 9.15. The predicted octanol–water partition coefficient (Wildman–Crippen LogP) is 1.34. The average molecular weight is 207 g/mol. The van der Waals surface area contributed by atoms with Gasteiger partial charge in [-0.25, -0.2) is 0 Å². The number of fused-ring (bicyclic) bond motifs is 1. The van der Waals surface area contributed by atoms with Crippen molar-refractivity contribution < 1.29 is 9.90 Å².